The summed E-state index contributed by atoms with van der Waals surface area (Å²) in [6.07, 6.45) is 8.56. The molecule has 0 aromatic carbocycles. The molecule has 1 aliphatic rings. The molecule has 0 bridgehead atoms. The zero-order valence-corrected chi connectivity index (χ0v) is 15.7. The zero-order chi connectivity index (χ0) is 18.9. The fourth-order valence-electron chi connectivity index (χ4n) is 3.20. The van der Waals surface area contributed by atoms with Crippen LogP contribution in [0.3, 0.4) is 0 Å². The molecule has 3 aromatic rings. The molecule has 1 aliphatic heterocycles. The van der Waals surface area contributed by atoms with Gasteiger partial charge in [0, 0.05) is 31.7 Å². The van der Waals surface area contributed by atoms with E-state index < -0.39 is 16.1 Å². The smallest absolute Gasteiger partial charge is 0.249 e. The molecule has 0 spiro atoms. The first-order valence-corrected chi connectivity index (χ1v) is 10.3. The van der Waals surface area contributed by atoms with Crippen LogP contribution in [0.5, 0.6) is 0 Å². The maximum Gasteiger partial charge on any atom is 0.249 e. The van der Waals surface area contributed by atoms with Crippen molar-refractivity contribution in [3.63, 3.8) is 0 Å². The zero-order valence-electron chi connectivity index (χ0n) is 14.9. The minimum atomic E-state index is -3.69. The Balaban J connectivity index is 1.66. The Kier molecular flexibility index (Phi) is 4.75. The quantitative estimate of drug-likeness (QED) is 0.660. The van der Waals surface area contributed by atoms with Crippen LogP contribution < -0.4 is 0 Å². The van der Waals surface area contributed by atoms with Crippen LogP contribution in [0, 0.1) is 0 Å². The van der Waals surface area contributed by atoms with Gasteiger partial charge < -0.3 is 4.42 Å². The third-order valence-electron chi connectivity index (χ3n) is 4.63. The van der Waals surface area contributed by atoms with Gasteiger partial charge in [0.25, 0.3) is 0 Å². The van der Waals surface area contributed by atoms with Crippen LogP contribution in [-0.2, 0) is 16.6 Å². The van der Waals surface area contributed by atoms with Crippen molar-refractivity contribution in [3.8, 4) is 11.5 Å². The summed E-state index contributed by atoms with van der Waals surface area (Å²) in [6.45, 7) is 2.93. The van der Waals surface area contributed by atoms with Crippen molar-refractivity contribution in [2.45, 2.75) is 43.7 Å². The molecule has 0 N–H and O–H groups in total. The fraction of sp³-hybridized carbons (Fsp3) is 0.412. The number of hydrogen-bond acceptors (Lipinski definition) is 7. The van der Waals surface area contributed by atoms with E-state index in [1.165, 1.54) is 10.5 Å². The SMILES string of the molecule is CCn1cc(S(=O)(=O)N2CCCC[C@@H]2c2nnc(-c3cccnc3)o2)cn1. The third kappa shape index (κ3) is 3.37. The van der Waals surface area contributed by atoms with E-state index in [0.717, 1.165) is 12.8 Å². The summed E-state index contributed by atoms with van der Waals surface area (Å²) in [6, 6.07) is 3.12. The minimum absolute atomic E-state index is 0.184. The second-order valence-electron chi connectivity index (χ2n) is 6.35. The van der Waals surface area contributed by atoms with Crippen LogP contribution in [0.15, 0.2) is 46.2 Å². The van der Waals surface area contributed by atoms with Crippen LogP contribution in [0.2, 0.25) is 0 Å². The van der Waals surface area contributed by atoms with Crippen molar-refractivity contribution in [1.82, 2.24) is 29.3 Å². The second-order valence-corrected chi connectivity index (χ2v) is 8.24. The number of pyridine rings is 1. The summed E-state index contributed by atoms with van der Waals surface area (Å²) in [7, 11) is -3.69. The molecule has 0 saturated carbocycles. The highest BCUT2D eigenvalue weighted by molar-refractivity contribution is 7.89. The van der Waals surface area contributed by atoms with Gasteiger partial charge in [0.2, 0.25) is 21.8 Å². The van der Waals surface area contributed by atoms with Crippen molar-refractivity contribution in [3.05, 3.63) is 42.8 Å². The Morgan fingerprint density at radius 1 is 1.26 bits per heavy atom. The van der Waals surface area contributed by atoms with Gasteiger partial charge in [-0.05, 0) is 31.9 Å². The van der Waals surface area contributed by atoms with E-state index in [2.05, 4.69) is 20.3 Å². The van der Waals surface area contributed by atoms with Crippen molar-refractivity contribution < 1.29 is 12.8 Å². The first-order chi connectivity index (χ1) is 13.1. The lowest BCUT2D eigenvalue weighted by molar-refractivity contribution is 0.220. The Morgan fingerprint density at radius 3 is 2.89 bits per heavy atom. The number of aromatic nitrogens is 5. The Morgan fingerprint density at radius 2 is 2.15 bits per heavy atom. The fourth-order valence-corrected chi connectivity index (χ4v) is 4.81. The summed E-state index contributed by atoms with van der Waals surface area (Å²) in [5.41, 5.74) is 0.700. The molecule has 1 atom stereocenters. The van der Waals surface area contributed by atoms with E-state index >= 15 is 0 Å². The largest absolute Gasteiger partial charge is 0.419 e. The Labute approximate surface area is 157 Å². The van der Waals surface area contributed by atoms with Crippen LogP contribution in [-0.4, -0.2) is 44.2 Å². The van der Waals surface area contributed by atoms with Gasteiger partial charge in [0.05, 0.1) is 11.8 Å². The third-order valence-corrected chi connectivity index (χ3v) is 6.49. The number of aryl methyl sites for hydroxylation is 1. The molecule has 0 aliphatic carbocycles. The highest BCUT2D eigenvalue weighted by Gasteiger charge is 2.38. The number of nitrogens with zero attached hydrogens (tertiary/aromatic N) is 6. The van der Waals surface area contributed by atoms with E-state index in [1.807, 2.05) is 13.0 Å². The maximum absolute atomic E-state index is 13.1. The molecule has 9 nitrogen and oxygen atoms in total. The molecule has 0 amide bonds. The predicted molar refractivity (Wildman–Crippen MR) is 95.9 cm³/mol. The molecular weight excluding hydrogens is 368 g/mol. The number of sulfonamides is 1. The molecule has 0 radical (unpaired) electrons. The van der Waals surface area contributed by atoms with Gasteiger partial charge in [-0.2, -0.15) is 9.40 Å². The van der Waals surface area contributed by atoms with Gasteiger partial charge >= 0.3 is 0 Å². The van der Waals surface area contributed by atoms with Crippen molar-refractivity contribution in [2.24, 2.45) is 0 Å². The summed E-state index contributed by atoms with van der Waals surface area (Å²) >= 11 is 0. The van der Waals surface area contributed by atoms with E-state index in [0.29, 0.717) is 36.9 Å². The first-order valence-electron chi connectivity index (χ1n) is 8.87. The van der Waals surface area contributed by atoms with Crippen LogP contribution in [0.25, 0.3) is 11.5 Å². The van der Waals surface area contributed by atoms with Gasteiger partial charge in [0.15, 0.2) is 0 Å². The molecule has 142 valence electrons. The lowest BCUT2D eigenvalue weighted by Crippen LogP contribution is -2.38. The van der Waals surface area contributed by atoms with Crippen LogP contribution in [0.1, 0.15) is 38.1 Å². The van der Waals surface area contributed by atoms with Crippen molar-refractivity contribution in [2.75, 3.05) is 6.54 Å². The first kappa shape index (κ1) is 17.8. The van der Waals surface area contributed by atoms with Gasteiger partial charge in [-0.1, -0.05) is 6.42 Å². The number of hydrogen-bond donors (Lipinski definition) is 0. The second kappa shape index (κ2) is 7.20. The van der Waals surface area contributed by atoms with Gasteiger partial charge in [0.1, 0.15) is 10.9 Å². The van der Waals surface area contributed by atoms with E-state index in [4.69, 9.17) is 4.42 Å². The number of rotatable bonds is 5. The highest BCUT2D eigenvalue weighted by Crippen LogP contribution is 2.35. The van der Waals surface area contributed by atoms with Crippen LogP contribution in [0.4, 0.5) is 0 Å². The normalized spacial score (nSPS) is 18.6. The van der Waals surface area contributed by atoms with E-state index in [1.54, 1.807) is 29.3 Å². The summed E-state index contributed by atoms with van der Waals surface area (Å²) in [4.78, 5) is 4.23. The molecule has 0 unspecified atom stereocenters. The molecule has 3 aromatic heterocycles. The van der Waals surface area contributed by atoms with Crippen molar-refractivity contribution >= 4 is 10.0 Å². The summed E-state index contributed by atoms with van der Waals surface area (Å²) in [5, 5.41) is 12.3. The van der Waals surface area contributed by atoms with Gasteiger partial charge in [-0.25, -0.2) is 8.42 Å². The predicted octanol–water partition coefficient (Wildman–Crippen LogP) is 2.26. The summed E-state index contributed by atoms with van der Waals surface area (Å²) in [5.74, 6) is 0.639. The lowest BCUT2D eigenvalue weighted by atomic mass is 10.1. The highest BCUT2D eigenvalue weighted by atomic mass is 32.2. The molecule has 27 heavy (non-hydrogen) atoms. The Bertz CT molecular complexity index is 1010. The molecule has 10 heteroatoms. The topological polar surface area (TPSA) is 107 Å². The summed E-state index contributed by atoms with van der Waals surface area (Å²) < 4.78 is 35.2. The maximum atomic E-state index is 13.1. The van der Waals surface area contributed by atoms with E-state index in [-0.39, 0.29) is 4.90 Å². The molecule has 1 saturated heterocycles. The molecular formula is C17H20N6O3S. The van der Waals surface area contributed by atoms with Gasteiger partial charge in [-0.15, -0.1) is 10.2 Å². The average molecular weight is 388 g/mol. The average Bonchev–Trinajstić information content (AvgIpc) is 3.39. The lowest BCUT2D eigenvalue weighted by Gasteiger charge is -2.31. The van der Waals surface area contributed by atoms with Crippen molar-refractivity contribution in [1.29, 1.82) is 0 Å². The van der Waals surface area contributed by atoms with Crippen LogP contribution >= 0.6 is 0 Å². The standard InChI is InChI=1S/C17H20N6O3S/c1-2-22-12-14(11-19-22)27(24,25)23-9-4-3-7-15(23)17-21-20-16(26-17)13-6-5-8-18-10-13/h5-6,8,10-12,15H,2-4,7,9H2,1H3/t15-/m1/s1. The minimum Gasteiger partial charge on any atom is -0.419 e. The number of piperidine rings is 1. The molecule has 1 fully saturated rings. The Hall–Kier alpha value is -2.59. The monoisotopic (exact) mass is 388 g/mol. The molecule has 4 rings (SSSR count). The molecule has 4 heterocycles. The van der Waals surface area contributed by atoms with E-state index in [9.17, 15) is 8.42 Å². The van der Waals surface area contributed by atoms with Gasteiger partial charge in [-0.3, -0.25) is 9.67 Å².